The molecule has 1 atom stereocenters. The van der Waals surface area contributed by atoms with Crippen LogP contribution in [-0.2, 0) is 16.5 Å². The van der Waals surface area contributed by atoms with E-state index in [4.69, 9.17) is 4.74 Å². The van der Waals surface area contributed by atoms with Crippen molar-refractivity contribution < 1.29 is 4.74 Å². The van der Waals surface area contributed by atoms with Crippen molar-refractivity contribution in [1.29, 1.82) is 0 Å². The maximum atomic E-state index is 5.64. The molecule has 0 spiro atoms. The van der Waals surface area contributed by atoms with Gasteiger partial charge in [-0.1, -0.05) is 15.9 Å². The molecule has 1 aromatic heterocycles. The molecule has 96 valence electrons. The maximum Gasteiger partial charge on any atom is 0.143 e. The van der Waals surface area contributed by atoms with Crippen LogP contribution in [0, 0.1) is 0 Å². The maximum absolute atomic E-state index is 5.64. The molecule has 0 aromatic carbocycles. The Morgan fingerprint density at radius 3 is 2.76 bits per heavy atom. The number of hydrogen-bond donors (Lipinski definition) is 0. The lowest BCUT2D eigenvalue weighted by Gasteiger charge is -2.14. The summed E-state index contributed by atoms with van der Waals surface area (Å²) >= 11 is 3.46. The Bertz CT molecular complexity index is 359. The minimum absolute atomic E-state index is 0.414. The Balaban J connectivity index is 2.01. The molecule has 0 bridgehead atoms. The molecule has 1 fully saturated rings. The first-order chi connectivity index (χ1) is 8.22. The number of rotatable bonds is 5. The zero-order valence-electron chi connectivity index (χ0n) is 10.5. The van der Waals surface area contributed by atoms with Crippen LogP contribution in [0.15, 0.2) is 0 Å². The van der Waals surface area contributed by atoms with E-state index < -0.39 is 0 Å². The van der Waals surface area contributed by atoms with Gasteiger partial charge in [-0.05, 0) is 33.1 Å². The molecule has 0 saturated carbocycles. The molecule has 0 amide bonds. The fourth-order valence-electron chi connectivity index (χ4n) is 2.38. The van der Waals surface area contributed by atoms with Gasteiger partial charge in [0.25, 0.3) is 0 Å². The third-order valence-electron chi connectivity index (χ3n) is 3.19. The molecule has 0 N–H and O–H groups in total. The van der Waals surface area contributed by atoms with E-state index >= 15 is 0 Å². The molecule has 1 aliphatic rings. The summed E-state index contributed by atoms with van der Waals surface area (Å²) < 4.78 is 7.87. The SMILES string of the molecule is CC(C)n1c(CBr)nnc1CCC1CCCO1. The molecule has 1 saturated heterocycles. The van der Waals surface area contributed by atoms with Crippen molar-refractivity contribution in [2.75, 3.05) is 6.61 Å². The normalized spacial score (nSPS) is 20.4. The number of aromatic nitrogens is 3. The predicted octanol–water partition coefficient (Wildman–Crippen LogP) is 2.87. The fourth-order valence-corrected chi connectivity index (χ4v) is 2.76. The molecule has 2 rings (SSSR count). The number of aryl methyl sites for hydroxylation is 1. The first-order valence-corrected chi connectivity index (χ1v) is 7.44. The van der Waals surface area contributed by atoms with E-state index in [1.807, 2.05) is 0 Å². The molecule has 2 heterocycles. The number of ether oxygens (including phenoxy) is 1. The molecule has 5 heteroatoms. The Labute approximate surface area is 111 Å². The van der Waals surface area contributed by atoms with Crippen LogP contribution in [0.25, 0.3) is 0 Å². The summed E-state index contributed by atoms with van der Waals surface area (Å²) in [4.78, 5) is 0. The van der Waals surface area contributed by atoms with Gasteiger partial charge >= 0.3 is 0 Å². The van der Waals surface area contributed by atoms with Gasteiger partial charge in [-0.15, -0.1) is 10.2 Å². The second-order valence-corrected chi connectivity index (χ2v) is 5.36. The fraction of sp³-hybridized carbons (Fsp3) is 0.833. The highest BCUT2D eigenvalue weighted by Crippen LogP contribution is 2.20. The summed E-state index contributed by atoms with van der Waals surface area (Å²) in [6, 6.07) is 0.414. The van der Waals surface area contributed by atoms with Gasteiger partial charge in [-0.2, -0.15) is 0 Å². The van der Waals surface area contributed by atoms with Crippen LogP contribution >= 0.6 is 15.9 Å². The summed E-state index contributed by atoms with van der Waals surface area (Å²) in [7, 11) is 0. The van der Waals surface area contributed by atoms with E-state index in [9.17, 15) is 0 Å². The Hall–Kier alpha value is -0.420. The smallest absolute Gasteiger partial charge is 0.143 e. The second kappa shape index (κ2) is 5.96. The molecule has 1 aromatic rings. The highest BCUT2D eigenvalue weighted by Gasteiger charge is 2.18. The lowest BCUT2D eigenvalue weighted by molar-refractivity contribution is 0.104. The number of halogens is 1. The molecule has 17 heavy (non-hydrogen) atoms. The Kier molecular flexibility index (Phi) is 4.56. The van der Waals surface area contributed by atoms with Gasteiger partial charge in [0.15, 0.2) is 0 Å². The van der Waals surface area contributed by atoms with Gasteiger partial charge in [-0.3, -0.25) is 0 Å². The predicted molar refractivity (Wildman–Crippen MR) is 70.3 cm³/mol. The van der Waals surface area contributed by atoms with Gasteiger partial charge in [0.2, 0.25) is 0 Å². The number of nitrogens with zero attached hydrogens (tertiary/aromatic N) is 3. The van der Waals surface area contributed by atoms with Crippen LogP contribution in [0.3, 0.4) is 0 Å². The van der Waals surface area contributed by atoms with E-state index in [0.717, 1.165) is 36.4 Å². The minimum atomic E-state index is 0.414. The van der Waals surface area contributed by atoms with Crippen molar-refractivity contribution in [2.45, 2.75) is 57.0 Å². The number of hydrogen-bond acceptors (Lipinski definition) is 3. The monoisotopic (exact) mass is 301 g/mol. The molecule has 1 unspecified atom stereocenters. The standard InChI is InChI=1S/C12H20BrN3O/c1-9(2)16-11(14-15-12(16)8-13)6-5-10-4-3-7-17-10/h9-10H,3-8H2,1-2H3. The average molecular weight is 302 g/mol. The van der Waals surface area contributed by atoms with E-state index in [2.05, 4.69) is 44.5 Å². The zero-order valence-corrected chi connectivity index (χ0v) is 12.1. The highest BCUT2D eigenvalue weighted by molar-refractivity contribution is 9.08. The van der Waals surface area contributed by atoms with E-state index in [1.54, 1.807) is 0 Å². The van der Waals surface area contributed by atoms with Crippen LogP contribution in [0.1, 0.15) is 50.8 Å². The van der Waals surface area contributed by atoms with Crippen LogP contribution in [-0.4, -0.2) is 27.5 Å². The summed E-state index contributed by atoms with van der Waals surface area (Å²) in [5.74, 6) is 2.10. The van der Waals surface area contributed by atoms with E-state index in [-0.39, 0.29) is 0 Å². The quantitative estimate of drug-likeness (QED) is 0.785. The van der Waals surface area contributed by atoms with Gasteiger partial charge in [0, 0.05) is 19.1 Å². The lowest BCUT2D eigenvalue weighted by Crippen LogP contribution is -2.13. The van der Waals surface area contributed by atoms with Gasteiger partial charge in [0.05, 0.1) is 11.4 Å². The molecule has 0 aliphatic carbocycles. The number of alkyl halides is 1. The van der Waals surface area contributed by atoms with Crippen LogP contribution < -0.4 is 0 Å². The van der Waals surface area contributed by atoms with E-state index in [1.165, 1.54) is 12.8 Å². The van der Waals surface area contributed by atoms with Crippen LogP contribution in [0.5, 0.6) is 0 Å². The van der Waals surface area contributed by atoms with E-state index in [0.29, 0.717) is 12.1 Å². The van der Waals surface area contributed by atoms with Crippen molar-refractivity contribution >= 4 is 15.9 Å². The third kappa shape index (κ3) is 3.07. The van der Waals surface area contributed by atoms with Crippen molar-refractivity contribution in [2.24, 2.45) is 0 Å². The second-order valence-electron chi connectivity index (χ2n) is 4.80. The first-order valence-electron chi connectivity index (χ1n) is 6.32. The Morgan fingerprint density at radius 1 is 1.41 bits per heavy atom. The van der Waals surface area contributed by atoms with Crippen molar-refractivity contribution in [3.63, 3.8) is 0 Å². The van der Waals surface area contributed by atoms with Crippen LogP contribution in [0.2, 0.25) is 0 Å². The topological polar surface area (TPSA) is 39.9 Å². The molecular weight excluding hydrogens is 282 g/mol. The highest BCUT2D eigenvalue weighted by atomic mass is 79.9. The van der Waals surface area contributed by atoms with Gasteiger partial charge in [0.1, 0.15) is 11.6 Å². The zero-order chi connectivity index (χ0) is 12.3. The van der Waals surface area contributed by atoms with Gasteiger partial charge in [-0.25, -0.2) is 0 Å². The van der Waals surface area contributed by atoms with Gasteiger partial charge < -0.3 is 9.30 Å². The molecular formula is C12H20BrN3O. The van der Waals surface area contributed by atoms with Crippen molar-refractivity contribution in [1.82, 2.24) is 14.8 Å². The third-order valence-corrected chi connectivity index (χ3v) is 3.69. The first kappa shape index (κ1) is 13.0. The lowest BCUT2D eigenvalue weighted by atomic mass is 10.1. The molecule has 0 radical (unpaired) electrons. The summed E-state index contributed by atoms with van der Waals surface area (Å²) in [5.41, 5.74) is 0. The van der Waals surface area contributed by atoms with Crippen molar-refractivity contribution in [3.8, 4) is 0 Å². The summed E-state index contributed by atoms with van der Waals surface area (Å²) in [5, 5.41) is 9.28. The average Bonchev–Trinajstić information content (AvgIpc) is 2.95. The summed E-state index contributed by atoms with van der Waals surface area (Å²) in [6.45, 7) is 5.27. The van der Waals surface area contributed by atoms with Crippen LogP contribution in [0.4, 0.5) is 0 Å². The minimum Gasteiger partial charge on any atom is -0.378 e. The summed E-state index contributed by atoms with van der Waals surface area (Å²) in [6.07, 6.45) is 4.85. The Morgan fingerprint density at radius 2 is 2.18 bits per heavy atom. The largest absolute Gasteiger partial charge is 0.378 e. The molecule has 4 nitrogen and oxygen atoms in total. The molecule has 1 aliphatic heterocycles. The van der Waals surface area contributed by atoms with Crippen molar-refractivity contribution in [3.05, 3.63) is 11.6 Å².